The molecule has 1 aromatic carbocycles. The molecule has 0 heterocycles. The van der Waals surface area contributed by atoms with E-state index in [1.807, 2.05) is 0 Å². The van der Waals surface area contributed by atoms with E-state index in [1.54, 1.807) is 0 Å². The molecule has 0 spiro atoms. The molecule has 114 valence electrons. The van der Waals surface area contributed by atoms with Crippen molar-refractivity contribution in [1.82, 2.24) is 5.32 Å². The summed E-state index contributed by atoms with van der Waals surface area (Å²) < 4.78 is 5.82. The largest absolute Gasteiger partial charge is 0.379 e. The third kappa shape index (κ3) is 6.06. The van der Waals surface area contributed by atoms with Gasteiger partial charge in [0, 0.05) is 6.61 Å². The molecule has 2 nitrogen and oxygen atoms in total. The second-order valence-electron chi connectivity index (χ2n) is 6.26. The van der Waals surface area contributed by atoms with Crippen molar-refractivity contribution < 1.29 is 4.74 Å². The fourth-order valence-electron chi connectivity index (χ4n) is 2.13. The van der Waals surface area contributed by atoms with E-state index in [-0.39, 0.29) is 0 Å². The Morgan fingerprint density at radius 2 is 1.55 bits per heavy atom. The highest BCUT2D eigenvalue weighted by Gasteiger charge is 2.11. The number of hydrogen-bond donors (Lipinski definition) is 1. The van der Waals surface area contributed by atoms with Crippen LogP contribution in [0.2, 0.25) is 0 Å². The summed E-state index contributed by atoms with van der Waals surface area (Å²) in [7, 11) is 0. The first kappa shape index (κ1) is 17.2. The molecule has 0 saturated carbocycles. The number of hydrogen-bond acceptors (Lipinski definition) is 2. The Labute approximate surface area is 124 Å². The van der Waals surface area contributed by atoms with E-state index in [0.717, 1.165) is 26.2 Å². The minimum atomic E-state index is 0.301. The van der Waals surface area contributed by atoms with Crippen LogP contribution in [0.15, 0.2) is 24.3 Å². The molecule has 0 radical (unpaired) electrons. The maximum absolute atomic E-state index is 5.82. The first-order chi connectivity index (χ1) is 9.54. The SMILES string of the molecule is CCCNC(COCC(C)C)c1ccc(C(C)C)cc1. The first-order valence-corrected chi connectivity index (χ1v) is 7.95. The van der Waals surface area contributed by atoms with E-state index in [0.29, 0.717) is 17.9 Å². The highest BCUT2D eigenvalue weighted by atomic mass is 16.5. The number of nitrogens with one attached hydrogen (secondary N) is 1. The van der Waals surface area contributed by atoms with Crippen LogP contribution < -0.4 is 5.32 Å². The van der Waals surface area contributed by atoms with Gasteiger partial charge in [-0.3, -0.25) is 0 Å². The maximum atomic E-state index is 5.82. The van der Waals surface area contributed by atoms with E-state index < -0.39 is 0 Å². The lowest BCUT2D eigenvalue weighted by molar-refractivity contribution is 0.0901. The molecular formula is C18H31NO. The molecule has 2 heteroatoms. The summed E-state index contributed by atoms with van der Waals surface area (Å²) in [6, 6.07) is 9.25. The Balaban J connectivity index is 2.65. The topological polar surface area (TPSA) is 21.3 Å². The number of benzene rings is 1. The van der Waals surface area contributed by atoms with Crippen LogP contribution >= 0.6 is 0 Å². The molecule has 0 bridgehead atoms. The summed E-state index contributed by atoms with van der Waals surface area (Å²) in [6.07, 6.45) is 1.14. The van der Waals surface area contributed by atoms with Gasteiger partial charge in [0.15, 0.2) is 0 Å². The van der Waals surface area contributed by atoms with Crippen molar-refractivity contribution in [2.45, 2.75) is 53.0 Å². The Morgan fingerprint density at radius 3 is 2.05 bits per heavy atom. The van der Waals surface area contributed by atoms with E-state index in [9.17, 15) is 0 Å². The van der Waals surface area contributed by atoms with Crippen molar-refractivity contribution in [2.24, 2.45) is 5.92 Å². The lowest BCUT2D eigenvalue weighted by atomic mass is 9.99. The second-order valence-corrected chi connectivity index (χ2v) is 6.26. The third-order valence-electron chi connectivity index (χ3n) is 3.38. The van der Waals surface area contributed by atoms with Crippen molar-refractivity contribution in [1.29, 1.82) is 0 Å². The molecular weight excluding hydrogens is 246 g/mol. The Morgan fingerprint density at radius 1 is 0.950 bits per heavy atom. The predicted molar refractivity (Wildman–Crippen MR) is 87.2 cm³/mol. The predicted octanol–water partition coefficient (Wildman–Crippen LogP) is 4.52. The van der Waals surface area contributed by atoms with Crippen LogP contribution in [-0.4, -0.2) is 19.8 Å². The van der Waals surface area contributed by atoms with Crippen LogP contribution in [0.4, 0.5) is 0 Å². The van der Waals surface area contributed by atoms with Gasteiger partial charge in [-0.1, -0.05) is 58.9 Å². The van der Waals surface area contributed by atoms with Gasteiger partial charge in [0.25, 0.3) is 0 Å². The van der Waals surface area contributed by atoms with Gasteiger partial charge in [-0.2, -0.15) is 0 Å². The fraction of sp³-hybridized carbons (Fsp3) is 0.667. The molecule has 1 N–H and O–H groups in total. The Hall–Kier alpha value is -0.860. The zero-order valence-electron chi connectivity index (χ0n) is 13.8. The smallest absolute Gasteiger partial charge is 0.0661 e. The lowest BCUT2D eigenvalue weighted by Crippen LogP contribution is -2.27. The molecule has 1 unspecified atom stereocenters. The van der Waals surface area contributed by atoms with Crippen LogP contribution in [0, 0.1) is 5.92 Å². The standard InChI is InChI=1S/C18H31NO/c1-6-11-19-18(13-20-12-14(2)3)17-9-7-16(8-10-17)15(4)5/h7-10,14-15,18-19H,6,11-13H2,1-5H3. The molecule has 0 aliphatic carbocycles. The van der Waals surface area contributed by atoms with E-state index >= 15 is 0 Å². The van der Waals surface area contributed by atoms with E-state index in [1.165, 1.54) is 11.1 Å². The molecule has 0 saturated heterocycles. The molecule has 0 aromatic heterocycles. The van der Waals surface area contributed by atoms with Gasteiger partial charge < -0.3 is 10.1 Å². The molecule has 1 atom stereocenters. The quantitative estimate of drug-likeness (QED) is 0.716. The summed E-state index contributed by atoms with van der Waals surface area (Å²) in [4.78, 5) is 0. The van der Waals surface area contributed by atoms with E-state index in [2.05, 4.69) is 64.2 Å². The van der Waals surface area contributed by atoms with Gasteiger partial charge in [-0.25, -0.2) is 0 Å². The lowest BCUT2D eigenvalue weighted by Gasteiger charge is -2.20. The van der Waals surface area contributed by atoms with Crippen LogP contribution in [-0.2, 0) is 4.74 Å². The monoisotopic (exact) mass is 277 g/mol. The van der Waals surface area contributed by atoms with Gasteiger partial charge in [0.05, 0.1) is 12.6 Å². The number of rotatable bonds is 9. The average Bonchev–Trinajstić information content (AvgIpc) is 2.42. The average molecular weight is 277 g/mol. The molecule has 1 rings (SSSR count). The maximum Gasteiger partial charge on any atom is 0.0661 e. The van der Waals surface area contributed by atoms with Gasteiger partial charge in [0.2, 0.25) is 0 Å². The van der Waals surface area contributed by atoms with Crippen molar-refractivity contribution >= 4 is 0 Å². The van der Waals surface area contributed by atoms with Crippen molar-refractivity contribution in [2.75, 3.05) is 19.8 Å². The first-order valence-electron chi connectivity index (χ1n) is 7.95. The van der Waals surface area contributed by atoms with Crippen LogP contribution in [0.5, 0.6) is 0 Å². The van der Waals surface area contributed by atoms with Crippen molar-refractivity contribution in [3.05, 3.63) is 35.4 Å². The summed E-state index contributed by atoms with van der Waals surface area (Å²) in [6.45, 7) is 13.6. The number of ether oxygens (including phenoxy) is 1. The highest BCUT2D eigenvalue weighted by molar-refractivity contribution is 5.27. The summed E-state index contributed by atoms with van der Waals surface area (Å²) >= 11 is 0. The zero-order valence-corrected chi connectivity index (χ0v) is 13.8. The summed E-state index contributed by atoms with van der Waals surface area (Å²) in [5.41, 5.74) is 2.72. The van der Waals surface area contributed by atoms with Crippen molar-refractivity contribution in [3.63, 3.8) is 0 Å². The minimum Gasteiger partial charge on any atom is -0.379 e. The fourth-order valence-corrected chi connectivity index (χ4v) is 2.13. The van der Waals surface area contributed by atoms with Crippen molar-refractivity contribution in [3.8, 4) is 0 Å². The normalized spacial score (nSPS) is 13.2. The van der Waals surface area contributed by atoms with Crippen LogP contribution in [0.1, 0.15) is 64.1 Å². The van der Waals surface area contributed by atoms with Crippen LogP contribution in [0.25, 0.3) is 0 Å². The Kier molecular flexibility index (Phi) is 7.86. The second kappa shape index (κ2) is 9.15. The molecule has 0 fully saturated rings. The highest BCUT2D eigenvalue weighted by Crippen LogP contribution is 2.19. The Bertz CT molecular complexity index is 356. The molecule has 1 aromatic rings. The van der Waals surface area contributed by atoms with Gasteiger partial charge in [-0.15, -0.1) is 0 Å². The zero-order chi connectivity index (χ0) is 15.0. The summed E-state index contributed by atoms with van der Waals surface area (Å²) in [5.74, 6) is 1.17. The minimum absolute atomic E-state index is 0.301. The third-order valence-corrected chi connectivity index (χ3v) is 3.38. The van der Waals surface area contributed by atoms with Gasteiger partial charge >= 0.3 is 0 Å². The van der Waals surface area contributed by atoms with Gasteiger partial charge in [0.1, 0.15) is 0 Å². The molecule has 20 heavy (non-hydrogen) atoms. The molecule has 0 aliphatic rings. The van der Waals surface area contributed by atoms with Crippen LogP contribution in [0.3, 0.4) is 0 Å². The summed E-state index contributed by atoms with van der Waals surface area (Å²) in [5, 5.41) is 3.58. The van der Waals surface area contributed by atoms with E-state index in [4.69, 9.17) is 4.74 Å². The van der Waals surface area contributed by atoms with Gasteiger partial charge in [-0.05, 0) is 35.9 Å². The molecule has 0 amide bonds. The molecule has 0 aliphatic heterocycles.